The predicted molar refractivity (Wildman–Crippen MR) is 76.8 cm³/mol. The summed E-state index contributed by atoms with van der Waals surface area (Å²) < 4.78 is 5.51. The van der Waals surface area contributed by atoms with Crippen molar-refractivity contribution < 1.29 is 19.4 Å². The molecule has 0 spiro atoms. The van der Waals surface area contributed by atoms with E-state index >= 15 is 0 Å². The Hall–Kier alpha value is -1.18. The highest BCUT2D eigenvalue weighted by Crippen LogP contribution is 2.17. The van der Waals surface area contributed by atoms with E-state index in [2.05, 4.69) is 10.2 Å². The molecule has 0 unspecified atom stereocenters. The molecule has 2 rings (SSSR count). The van der Waals surface area contributed by atoms with Gasteiger partial charge < -0.3 is 20.1 Å². The molecule has 0 bridgehead atoms. The highest BCUT2D eigenvalue weighted by atomic mass is 16.5. The molecule has 2 aliphatic heterocycles. The number of amides is 3. The van der Waals surface area contributed by atoms with E-state index < -0.39 is 5.54 Å². The topological polar surface area (TPSA) is 82.1 Å². The maximum absolute atomic E-state index is 12.1. The Balaban J connectivity index is 1.73. The minimum atomic E-state index is -0.789. The summed E-state index contributed by atoms with van der Waals surface area (Å²) in [5.41, 5.74) is -0.789. The number of nitrogens with one attached hydrogen (secondary N) is 1. The molecule has 2 N–H and O–H groups in total. The van der Waals surface area contributed by atoms with E-state index in [0.717, 1.165) is 25.9 Å². The number of rotatable bonds is 6. The second-order valence-electron chi connectivity index (χ2n) is 6.15. The highest BCUT2D eigenvalue weighted by molar-refractivity contribution is 6.06. The molecule has 0 aromatic rings. The Morgan fingerprint density at radius 3 is 2.48 bits per heavy atom. The number of aliphatic hydroxyl groups excluding tert-OH is 1. The fraction of sp³-hybridized carbons (Fsp3) is 0.857. The van der Waals surface area contributed by atoms with Crippen molar-refractivity contribution in [2.75, 3.05) is 39.4 Å². The van der Waals surface area contributed by atoms with Crippen molar-refractivity contribution in [1.82, 2.24) is 15.1 Å². The lowest BCUT2D eigenvalue weighted by molar-refractivity contribution is -0.130. The molecule has 21 heavy (non-hydrogen) atoms. The fourth-order valence-corrected chi connectivity index (χ4v) is 2.78. The predicted octanol–water partition coefficient (Wildman–Crippen LogP) is -0.210. The molecule has 3 amide bonds. The van der Waals surface area contributed by atoms with E-state index in [-0.39, 0.29) is 24.6 Å². The smallest absolute Gasteiger partial charge is 0.325 e. The van der Waals surface area contributed by atoms with Gasteiger partial charge >= 0.3 is 6.03 Å². The van der Waals surface area contributed by atoms with Crippen LogP contribution in [0.15, 0.2) is 0 Å². The molecule has 120 valence electrons. The summed E-state index contributed by atoms with van der Waals surface area (Å²) in [5.74, 6) is -0.159. The molecular weight excluding hydrogens is 274 g/mol. The zero-order valence-corrected chi connectivity index (χ0v) is 12.8. The Bertz CT molecular complexity index is 392. The number of nitrogens with zero attached hydrogens (tertiary/aromatic N) is 2. The molecule has 0 atom stereocenters. The van der Waals surface area contributed by atoms with E-state index in [4.69, 9.17) is 9.84 Å². The number of piperidine rings is 1. The van der Waals surface area contributed by atoms with E-state index in [0.29, 0.717) is 19.7 Å². The van der Waals surface area contributed by atoms with Crippen LogP contribution >= 0.6 is 0 Å². The number of hydrogen-bond acceptors (Lipinski definition) is 5. The lowest BCUT2D eigenvalue weighted by atomic mass is 10.1. The lowest BCUT2D eigenvalue weighted by Gasteiger charge is -2.32. The van der Waals surface area contributed by atoms with Gasteiger partial charge in [-0.1, -0.05) is 0 Å². The van der Waals surface area contributed by atoms with Crippen molar-refractivity contribution >= 4 is 11.9 Å². The summed E-state index contributed by atoms with van der Waals surface area (Å²) in [4.78, 5) is 27.4. The summed E-state index contributed by atoms with van der Waals surface area (Å²) in [5, 5.41) is 11.4. The first-order valence-corrected chi connectivity index (χ1v) is 7.53. The molecule has 2 heterocycles. The molecule has 7 nitrogen and oxygen atoms in total. The van der Waals surface area contributed by atoms with Gasteiger partial charge in [0.2, 0.25) is 0 Å². The van der Waals surface area contributed by atoms with Crippen molar-refractivity contribution in [1.29, 1.82) is 0 Å². The van der Waals surface area contributed by atoms with Gasteiger partial charge in [0.15, 0.2) is 0 Å². The minimum absolute atomic E-state index is 0.0577. The minimum Gasteiger partial charge on any atom is -0.394 e. The molecule has 0 saturated carbocycles. The normalized spacial score (nSPS) is 23.7. The number of carbonyl (C=O) groups excluding carboxylic acids is 2. The van der Waals surface area contributed by atoms with E-state index in [1.54, 1.807) is 13.8 Å². The second-order valence-corrected chi connectivity index (χ2v) is 6.15. The molecule has 7 heteroatoms. The number of likely N-dealkylation sites (tertiary alicyclic amines) is 1. The highest BCUT2D eigenvalue weighted by Gasteiger charge is 2.44. The number of hydrogen-bond donors (Lipinski definition) is 2. The van der Waals surface area contributed by atoms with E-state index in [9.17, 15) is 9.59 Å². The standard InChI is InChI=1S/C14H25N3O4/c1-14(2)12(19)17(13(20)15-14)8-7-16-5-3-11(4-6-16)21-10-9-18/h11,18H,3-10H2,1-2H3,(H,15,20). The number of carbonyl (C=O) groups is 2. The van der Waals surface area contributed by atoms with E-state index in [1.165, 1.54) is 4.90 Å². The summed E-state index contributed by atoms with van der Waals surface area (Å²) in [6, 6.07) is -0.300. The van der Waals surface area contributed by atoms with E-state index in [1.807, 2.05) is 0 Å². The van der Waals surface area contributed by atoms with Gasteiger partial charge in [-0.15, -0.1) is 0 Å². The van der Waals surface area contributed by atoms with Gasteiger partial charge in [-0.3, -0.25) is 9.69 Å². The number of aliphatic hydroxyl groups is 1. The number of urea groups is 1. The van der Waals surface area contributed by atoms with Crippen LogP contribution < -0.4 is 5.32 Å². The molecule has 0 aromatic carbocycles. The Morgan fingerprint density at radius 2 is 1.95 bits per heavy atom. The molecular formula is C14H25N3O4. The molecule has 2 fully saturated rings. The van der Waals surface area contributed by atoms with Gasteiger partial charge in [0.1, 0.15) is 5.54 Å². The molecule has 0 radical (unpaired) electrons. The maximum Gasteiger partial charge on any atom is 0.325 e. The average molecular weight is 299 g/mol. The van der Waals surface area contributed by atoms with Gasteiger partial charge in [-0.05, 0) is 26.7 Å². The van der Waals surface area contributed by atoms with Crippen LogP contribution in [0, 0.1) is 0 Å². The van der Waals surface area contributed by atoms with Crippen LogP contribution in [0.5, 0.6) is 0 Å². The van der Waals surface area contributed by atoms with Crippen molar-refractivity contribution in [3.05, 3.63) is 0 Å². The monoisotopic (exact) mass is 299 g/mol. The van der Waals surface area contributed by atoms with Gasteiger partial charge in [-0.2, -0.15) is 0 Å². The van der Waals surface area contributed by atoms with Crippen molar-refractivity contribution in [3.63, 3.8) is 0 Å². The first-order chi connectivity index (χ1) is 9.94. The van der Waals surface area contributed by atoms with Crippen LogP contribution in [0.1, 0.15) is 26.7 Å². The van der Waals surface area contributed by atoms with Gasteiger partial charge in [0.05, 0.1) is 19.3 Å². The average Bonchev–Trinajstić information content (AvgIpc) is 2.64. The zero-order chi connectivity index (χ0) is 15.5. The van der Waals surface area contributed by atoms with Gasteiger partial charge in [0.25, 0.3) is 5.91 Å². The third kappa shape index (κ3) is 3.93. The van der Waals surface area contributed by atoms with Crippen molar-refractivity contribution in [2.45, 2.75) is 38.3 Å². The van der Waals surface area contributed by atoms with Crippen LogP contribution in [0.25, 0.3) is 0 Å². The molecule has 2 aliphatic rings. The SMILES string of the molecule is CC1(C)NC(=O)N(CCN2CCC(OCCO)CC2)C1=O. The van der Waals surface area contributed by atoms with Crippen LogP contribution in [-0.4, -0.2) is 77.9 Å². The summed E-state index contributed by atoms with van der Waals surface area (Å²) in [7, 11) is 0. The number of ether oxygens (including phenoxy) is 1. The van der Waals surface area contributed by atoms with Crippen LogP contribution in [-0.2, 0) is 9.53 Å². The lowest BCUT2D eigenvalue weighted by Crippen LogP contribution is -2.44. The zero-order valence-electron chi connectivity index (χ0n) is 12.8. The second kappa shape index (κ2) is 6.72. The first-order valence-electron chi connectivity index (χ1n) is 7.53. The Morgan fingerprint density at radius 1 is 1.29 bits per heavy atom. The fourth-order valence-electron chi connectivity index (χ4n) is 2.78. The van der Waals surface area contributed by atoms with Crippen LogP contribution in [0.3, 0.4) is 0 Å². The third-order valence-electron chi connectivity index (χ3n) is 4.06. The maximum atomic E-state index is 12.1. The van der Waals surface area contributed by atoms with Crippen molar-refractivity contribution in [3.8, 4) is 0 Å². The Kier molecular flexibility index (Phi) is 5.18. The van der Waals surface area contributed by atoms with Gasteiger partial charge in [0, 0.05) is 26.2 Å². The van der Waals surface area contributed by atoms with Crippen LogP contribution in [0.4, 0.5) is 4.79 Å². The quantitative estimate of drug-likeness (QED) is 0.663. The third-order valence-corrected chi connectivity index (χ3v) is 4.06. The Labute approximate surface area is 125 Å². The van der Waals surface area contributed by atoms with Gasteiger partial charge in [-0.25, -0.2) is 4.79 Å². The first kappa shape index (κ1) is 16.2. The summed E-state index contributed by atoms with van der Waals surface area (Å²) in [6.45, 7) is 6.79. The molecule has 2 saturated heterocycles. The van der Waals surface area contributed by atoms with Crippen LogP contribution in [0.2, 0.25) is 0 Å². The largest absolute Gasteiger partial charge is 0.394 e. The summed E-state index contributed by atoms with van der Waals surface area (Å²) >= 11 is 0. The molecule has 0 aliphatic carbocycles. The summed E-state index contributed by atoms with van der Waals surface area (Å²) in [6.07, 6.45) is 2.06. The molecule has 0 aromatic heterocycles. The number of imide groups is 1. The van der Waals surface area contributed by atoms with Crippen molar-refractivity contribution in [2.24, 2.45) is 0 Å².